The number of methoxy groups -OCH3 is 1. The highest BCUT2D eigenvalue weighted by molar-refractivity contribution is 5.39. The van der Waals surface area contributed by atoms with Crippen molar-refractivity contribution < 1.29 is 4.74 Å². The number of hydrogen-bond acceptors (Lipinski definition) is 3. The molecule has 2 rings (SSSR count). The zero-order chi connectivity index (χ0) is 12.6. The molecule has 1 aromatic rings. The van der Waals surface area contributed by atoms with E-state index in [0.717, 1.165) is 12.2 Å². The third-order valence-corrected chi connectivity index (χ3v) is 3.63. The van der Waals surface area contributed by atoms with E-state index in [9.17, 15) is 0 Å². The molecule has 1 aliphatic rings. The molecule has 1 N–H and O–H groups in total. The maximum Gasteiger partial charge on any atom is 0.0728 e. The van der Waals surface area contributed by atoms with Gasteiger partial charge in [-0.05, 0) is 12.8 Å². The number of aromatic nitrogens is 2. The molecule has 4 nitrogen and oxygen atoms in total. The van der Waals surface area contributed by atoms with Crippen LogP contribution >= 0.6 is 0 Å². The second kappa shape index (κ2) is 7.41. The monoisotopic (exact) mass is 251 g/mol. The van der Waals surface area contributed by atoms with Crippen LogP contribution < -0.4 is 5.32 Å². The van der Waals surface area contributed by atoms with Crippen molar-refractivity contribution in [3.8, 4) is 0 Å². The zero-order valence-electron chi connectivity index (χ0n) is 11.4. The molecule has 1 fully saturated rings. The molecule has 0 saturated heterocycles. The van der Waals surface area contributed by atoms with Gasteiger partial charge in [0, 0.05) is 19.3 Å². The lowest BCUT2D eigenvalue weighted by atomic mass is 9.97. The number of ether oxygens (including phenoxy) is 1. The number of hydrogen-bond donors (Lipinski definition) is 1. The van der Waals surface area contributed by atoms with Crippen molar-refractivity contribution in [1.29, 1.82) is 0 Å². The van der Waals surface area contributed by atoms with Crippen molar-refractivity contribution in [3.63, 3.8) is 0 Å². The minimum atomic E-state index is 0.630. The van der Waals surface area contributed by atoms with E-state index in [-0.39, 0.29) is 0 Å². The van der Waals surface area contributed by atoms with Crippen LogP contribution in [0.5, 0.6) is 0 Å². The van der Waals surface area contributed by atoms with Gasteiger partial charge in [0.15, 0.2) is 0 Å². The molecule has 1 heterocycles. The lowest BCUT2D eigenvalue weighted by Crippen LogP contribution is -2.20. The number of anilines is 1. The van der Waals surface area contributed by atoms with Gasteiger partial charge < -0.3 is 10.1 Å². The summed E-state index contributed by atoms with van der Waals surface area (Å²) in [7, 11) is 1.72. The van der Waals surface area contributed by atoms with Crippen LogP contribution in [0, 0.1) is 0 Å². The third kappa shape index (κ3) is 4.33. The summed E-state index contributed by atoms with van der Waals surface area (Å²) in [5.74, 6) is 0. The summed E-state index contributed by atoms with van der Waals surface area (Å²) in [4.78, 5) is 0. The molecule has 4 heteroatoms. The molecule has 0 aromatic carbocycles. The molecular weight excluding hydrogens is 226 g/mol. The molecule has 1 aromatic heterocycles. The topological polar surface area (TPSA) is 39.1 Å². The first kappa shape index (κ1) is 13.4. The fourth-order valence-electron chi connectivity index (χ4n) is 2.58. The zero-order valence-corrected chi connectivity index (χ0v) is 11.4. The lowest BCUT2D eigenvalue weighted by molar-refractivity contribution is 0.183. The largest absolute Gasteiger partial charge is 0.383 e. The minimum absolute atomic E-state index is 0.630. The van der Waals surface area contributed by atoms with Crippen molar-refractivity contribution >= 4 is 5.69 Å². The highest BCUT2D eigenvalue weighted by Crippen LogP contribution is 2.20. The van der Waals surface area contributed by atoms with Crippen LogP contribution in [0.25, 0.3) is 0 Å². The summed E-state index contributed by atoms with van der Waals surface area (Å²) in [5, 5.41) is 7.96. The molecule has 1 aliphatic carbocycles. The van der Waals surface area contributed by atoms with E-state index >= 15 is 0 Å². The molecule has 0 unspecified atom stereocenters. The fourth-order valence-corrected chi connectivity index (χ4v) is 2.58. The van der Waals surface area contributed by atoms with Crippen molar-refractivity contribution in [2.75, 3.05) is 19.0 Å². The highest BCUT2D eigenvalue weighted by atomic mass is 16.5. The third-order valence-electron chi connectivity index (χ3n) is 3.63. The Bertz CT molecular complexity index is 330. The van der Waals surface area contributed by atoms with E-state index in [1.807, 2.05) is 10.9 Å². The predicted molar refractivity (Wildman–Crippen MR) is 73.8 cm³/mol. The Kier molecular flexibility index (Phi) is 5.52. The number of nitrogens with one attached hydrogen (secondary N) is 1. The maximum atomic E-state index is 5.05. The quantitative estimate of drug-likeness (QED) is 0.874. The van der Waals surface area contributed by atoms with Crippen LogP contribution in [-0.4, -0.2) is 29.5 Å². The first-order chi connectivity index (χ1) is 8.88. The van der Waals surface area contributed by atoms with E-state index < -0.39 is 0 Å². The van der Waals surface area contributed by atoms with Crippen molar-refractivity contribution in [2.45, 2.75) is 57.5 Å². The molecule has 102 valence electrons. The van der Waals surface area contributed by atoms with Gasteiger partial charge in [0.25, 0.3) is 0 Å². The van der Waals surface area contributed by atoms with E-state index in [1.165, 1.54) is 44.9 Å². The van der Waals surface area contributed by atoms with Gasteiger partial charge >= 0.3 is 0 Å². The van der Waals surface area contributed by atoms with Crippen LogP contribution in [0.3, 0.4) is 0 Å². The first-order valence-corrected chi connectivity index (χ1v) is 7.16. The molecule has 18 heavy (non-hydrogen) atoms. The number of nitrogens with zero attached hydrogens (tertiary/aromatic N) is 2. The molecule has 0 radical (unpaired) electrons. The van der Waals surface area contributed by atoms with Gasteiger partial charge in [0.05, 0.1) is 25.0 Å². The summed E-state index contributed by atoms with van der Waals surface area (Å²) in [6, 6.07) is 0.630. The van der Waals surface area contributed by atoms with E-state index in [0.29, 0.717) is 12.6 Å². The van der Waals surface area contributed by atoms with E-state index in [2.05, 4.69) is 16.6 Å². The molecule has 0 aliphatic heterocycles. The van der Waals surface area contributed by atoms with Crippen LogP contribution in [-0.2, 0) is 11.3 Å². The fraction of sp³-hybridized carbons (Fsp3) is 0.786. The van der Waals surface area contributed by atoms with Crippen molar-refractivity contribution in [2.24, 2.45) is 0 Å². The standard InChI is InChI=1S/C14H25N3O/c1-18-10-9-17-12-14(11-15-17)16-13-7-5-3-2-4-6-8-13/h11-13,16H,2-10H2,1H3. The van der Waals surface area contributed by atoms with Crippen LogP contribution in [0.2, 0.25) is 0 Å². The van der Waals surface area contributed by atoms with Gasteiger partial charge in [0.1, 0.15) is 0 Å². The SMILES string of the molecule is COCCn1cc(NC2CCCCCCC2)cn1. The van der Waals surface area contributed by atoms with Gasteiger partial charge in [-0.25, -0.2) is 0 Å². The molecule has 0 atom stereocenters. The smallest absolute Gasteiger partial charge is 0.0728 e. The van der Waals surface area contributed by atoms with Gasteiger partial charge in [-0.2, -0.15) is 5.10 Å². The van der Waals surface area contributed by atoms with Crippen molar-refractivity contribution in [3.05, 3.63) is 12.4 Å². The Morgan fingerprint density at radius 3 is 2.72 bits per heavy atom. The molecule has 0 bridgehead atoms. The lowest BCUT2D eigenvalue weighted by Gasteiger charge is -2.21. The average Bonchev–Trinajstić information content (AvgIpc) is 2.77. The summed E-state index contributed by atoms with van der Waals surface area (Å²) in [6.07, 6.45) is 13.5. The Morgan fingerprint density at radius 1 is 1.28 bits per heavy atom. The molecule has 0 amide bonds. The molecular formula is C14H25N3O. The normalized spacial score (nSPS) is 18.3. The molecule has 1 saturated carbocycles. The second-order valence-electron chi connectivity index (χ2n) is 5.17. The van der Waals surface area contributed by atoms with E-state index in [1.54, 1.807) is 7.11 Å². The van der Waals surface area contributed by atoms with Crippen molar-refractivity contribution in [1.82, 2.24) is 9.78 Å². The summed E-state index contributed by atoms with van der Waals surface area (Å²) in [6.45, 7) is 1.54. The number of rotatable bonds is 5. The van der Waals surface area contributed by atoms with Crippen LogP contribution in [0.1, 0.15) is 44.9 Å². The van der Waals surface area contributed by atoms with Gasteiger partial charge in [-0.1, -0.05) is 32.1 Å². The van der Waals surface area contributed by atoms with Gasteiger partial charge in [-0.15, -0.1) is 0 Å². The second-order valence-corrected chi connectivity index (χ2v) is 5.17. The average molecular weight is 251 g/mol. The highest BCUT2D eigenvalue weighted by Gasteiger charge is 2.11. The summed E-state index contributed by atoms with van der Waals surface area (Å²) in [5.41, 5.74) is 1.15. The first-order valence-electron chi connectivity index (χ1n) is 7.16. The van der Waals surface area contributed by atoms with Crippen LogP contribution in [0.4, 0.5) is 5.69 Å². The maximum absolute atomic E-state index is 5.05. The summed E-state index contributed by atoms with van der Waals surface area (Å²) < 4.78 is 6.99. The minimum Gasteiger partial charge on any atom is -0.383 e. The van der Waals surface area contributed by atoms with E-state index in [4.69, 9.17) is 4.74 Å². The molecule has 0 spiro atoms. The Hall–Kier alpha value is -1.03. The Labute approximate surface area is 110 Å². The Morgan fingerprint density at radius 2 is 2.00 bits per heavy atom. The Balaban J connectivity index is 1.81. The predicted octanol–water partition coefficient (Wildman–Crippen LogP) is 3.05. The van der Waals surface area contributed by atoms with Crippen LogP contribution in [0.15, 0.2) is 12.4 Å². The van der Waals surface area contributed by atoms with Gasteiger partial charge in [0.2, 0.25) is 0 Å². The summed E-state index contributed by atoms with van der Waals surface area (Å²) >= 11 is 0. The van der Waals surface area contributed by atoms with Gasteiger partial charge in [-0.3, -0.25) is 4.68 Å².